The maximum Gasteiger partial charge on any atom is 0.0642 e. The van der Waals surface area contributed by atoms with Gasteiger partial charge in [-0.05, 0) is 37.4 Å². The lowest BCUT2D eigenvalue weighted by Crippen LogP contribution is -2.34. The van der Waals surface area contributed by atoms with Crippen molar-refractivity contribution in [2.24, 2.45) is 5.92 Å². The third-order valence-electron chi connectivity index (χ3n) is 3.95. The van der Waals surface area contributed by atoms with Crippen molar-refractivity contribution in [1.82, 2.24) is 5.32 Å². The number of hydrogen-bond acceptors (Lipinski definition) is 2. The van der Waals surface area contributed by atoms with Gasteiger partial charge in [0.15, 0.2) is 0 Å². The van der Waals surface area contributed by atoms with Crippen LogP contribution in [0.5, 0.6) is 0 Å². The Balaban J connectivity index is 2.17. The molecule has 0 atom stereocenters. The molecule has 0 spiro atoms. The molecule has 100 valence electrons. The van der Waals surface area contributed by atoms with Crippen molar-refractivity contribution in [2.45, 2.75) is 32.7 Å². The highest BCUT2D eigenvalue weighted by atomic mass is 35.5. The van der Waals surface area contributed by atoms with Gasteiger partial charge in [-0.2, -0.15) is 0 Å². The Morgan fingerprint density at radius 2 is 2.06 bits per heavy atom. The molecule has 1 fully saturated rings. The van der Waals surface area contributed by atoms with E-state index in [0.717, 1.165) is 30.6 Å². The van der Waals surface area contributed by atoms with E-state index in [1.165, 1.54) is 30.5 Å². The number of para-hydroxylation sites is 1. The van der Waals surface area contributed by atoms with E-state index in [2.05, 4.69) is 23.2 Å². The molecule has 1 aliphatic rings. The van der Waals surface area contributed by atoms with Crippen LogP contribution in [0.3, 0.4) is 0 Å². The van der Waals surface area contributed by atoms with E-state index in [0.29, 0.717) is 0 Å². The summed E-state index contributed by atoms with van der Waals surface area (Å²) in [7, 11) is 1.98. The van der Waals surface area contributed by atoms with Gasteiger partial charge in [0.1, 0.15) is 0 Å². The van der Waals surface area contributed by atoms with Crippen LogP contribution in [0.25, 0.3) is 0 Å². The largest absolute Gasteiger partial charge is 0.370 e. The maximum absolute atomic E-state index is 6.40. The molecule has 2 rings (SSSR count). The van der Waals surface area contributed by atoms with Crippen LogP contribution in [0.4, 0.5) is 5.69 Å². The highest BCUT2D eigenvalue weighted by Gasteiger charge is 2.21. The fourth-order valence-corrected chi connectivity index (χ4v) is 3.13. The molecule has 0 aliphatic carbocycles. The second kappa shape index (κ2) is 6.44. The van der Waals surface area contributed by atoms with Gasteiger partial charge in [0.2, 0.25) is 0 Å². The molecule has 0 radical (unpaired) electrons. The van der Waals surface area contributed by atoms with Gasteiger partial charge < -0.3 is 10.2 Å². The zero-order chi connectivity index (χ0) is 13.0. The Kier molecular flexibility index (Phi) is 4.90. The van der Waals surface area contributed by atoms with E-state index in [9.17, 15) is 0 Å². The van der Waals surface area contributed by atoms with Crippen LogP contribution in [0, 0.1) is 5.92 Å². The van der Waals surface area contributed by atoms with Crippen molar-refractivity contribution in [3.63, 3.8) is 0 Å². The van der Waals surface area contributed by atoms with Gasteiger partial charge in [-0.25, -0.2) is 0 Å². The van der Waals surface area contributed by atoms with Crippen molar-refractivity contribution in [3.8, 4) is 0 Å². The van der Waals surface area contributed by atoms with Crippen molar-refractivity contribution in [2.75, 3.05) is 25.0 Å². The molecule has 3 heteroatoms. The second-order valence-electron chi connectivity index (χ2n) is 5.12. The van der Waals surface area contributed by atoms with Gasteiger partial charge in [-0.3, -0.25) is 0 Å². The average Bonchev–Trinajstić information content (AvgIpc) is 2.40. The molecule has 1 heterocycles. The number of nitrogens with zero attached hydrogens (tertiary/aromatic N) is 1. The molecule has 1 aliphatic heterocycles. The highest BCUT2D eigenvalue weighted by molar-refractivity contribution is 6.33. The Morgan fingerprint density at radius 3 is 2.67 bits per heavy atom. The number of halogens is 1. The molecular weight excluding hydrogens is 244 g/mol. The molecule has 0 amide bonds. The second-order valence-corrected chi connectivity index (χ2v) is 5.52. The molecule has 1 aromatic carbocycles. The van der Waals surface area contributed by atoms with Crippen molar-refractivity contribution < 1.29 is 0 Å². The number of hydrogen-bond donors (Lipinski definition) is 1. The zero-order valence-electron chi connectivity index (χ0n) is 11.4. The molecule has 0 saturated carbocycles. The van der Waals surface area contributed by atoms with E-state index in [-0.39, 0.29) is 0 Å². The minimum Gasteiger partial charge on any atom is -0.370 e. The summed E-state index contributed by atoms with van der Waals surface area (Å²) < 4.78 is 0. The van der Waals surface area contributed by atoms with Gasteiger partial charge in [-0.1, -0.05) is 37.1 Å². The van der Waals surface area contributed by atoms with Gasteiger partial charge in [0, 0.05) is 19.6 Å². The first-order valence-corrected chi connectivity index (χ1v) is 7.31. The maximum atomic E-state index is 6.40. The Hall–Kier alpha value is -0.730. The Labute approximate surface area is 115 Å². The predicted octanol–water partition coefficient (Wildman–Crippen LogP) is 3.69. The molecular formula is C15H23ClN2. The topological polar surface area (TPSA) is 15.3 Å². The Bertz CT molecular complexity index is 384. The van der Waals surface area contributed by atoms with E-state index < -0.39 is 0 Å². The summed E-state index contributed by atoms with van der Waals surface area (Å²) in [6, 6.07) is 6.21. The van der Waals surface area contributed by atoms with Crippen LogP contribution in [0.15, 0.2) is 18.2 Å². The van der Waals surface area contributed by atoms with Gasteiger partial charge in [0.05, 0.1) is 10.7 Å². The number of anilines is 1. The molecule has 2 nitrogen and oxygen atoms in total. The van der Waals surface area contributed by atoms with Crippen molar-refractivity contribution in [3.05, 3.63) is 28.8 Å². The van der Waals surface area contributed by atoms with Gasteiger partial charge in [0.25, 0.3) is 0 Å². The average molecular weight is 267 g/mol. The number of benzene rings is 1. The fraction of sp³-hybridized carbons (Fsp3) is 0.600. The summed E-state index contributed by atoms with van der Waals surface area (Å²) in [6.07, 6.45) is 3.89. The van der Waals surface area contributed by atoms with Gasteiger partial charge >= 0.3 is 0 Å². The lowest BCUT2D eigenvalue weighted by molar-refractivity contribution is 0.394. The number of piperidine rings is 1. The van der Waals surface area contributed by atoms with E-state index in [1.807, 2.05) is 19.2 Å². The lowest BCUT2D eigenvalue weighted by atomic mass is 9.93. The number of nitrogens with one attached hydrogen (secondary N) is 1. The monoisotopic (exact) mass is 266 g/mol. The highest BCUT2D eigenvalue weighted by Crippen LogP contribution is 2.33. The van der Waals surface area contributed by atoms with Crippen LogP contribution in [-0.2, 0) is 6.54 Å². The van der Waals surface area contributed by atoms with Crippen molar-refractivity contribution >= 4 is 17.3 Å². The van der Waals surface area contributed by atoms with Gasteiger partial charge in [-0.15, -0.1) is 0 Å². The third-order valence-corrected chi connectivity index (χ3v) is 4.25. The first-order valence-electron chi connectivity index (χ1n) is 6.93. The molecule has 0 unspecified atom stereocenters. The standard InChI is InChI=1S/C15H23ClN2/c1-3-12-7-9-18(10-8-12)15-13(11-17-2)5-4-6-14(15)16/h4-6,12,17H,3,7-11H2,1-2H3. The molecule has 1 aromatic rings. The summed E-state index contributed by atoms with van der Waals surface area (Å²) in [4.78, 5) is 2.46. The van der Waals surface area contributed by atoms with Crippen molar-refractivity contribution in [1.29, 1.82) is 0 Å². The molecule has 0 bridgehead atoms. The lowest BCUT2D eigenvalue weighted by Gasteiger charge is -2.35. The quantitative estimate of drug-likeness (QED) is 0.894. The van der Waals surface area contributed by atoms with Crippen LogP contribution in [0.2, 0.25) is 5.02 Å². The normalized spacial score (nSPS) is 17.2. The minimum absolute atomic E-state index is 0.879. The summed E-state index contributed by atoms with van der Waals surface area (Å²) in [5.41, 5.74) is 2.54. The Morgan fingerprint density at radius 1 is 1.33 bits per heavy atom. The predicted molar refractivity (Wildman–Crippen MR) is 79.4 cm³/mol. The summed E-state index contributed by atoms with van der Waals surface area (Å²) >= 11 is 6.40. The fourth-order valence-electron chi connectivity index (χ4n) is 2.81. The zero-order valence-corrected chi connectivity index (χ0v) is 12.1. The summed E-state index contributed by atoms with van der Waals surface area (Å²) in [5.74, 6) is 0.900. The molecule has 1 N–H and O–H groups in total. The molecule has 1 saturated heterocycles. The SMILES string of the molecule is CCC1CCN(c2c(Cl)cccc2CNC)CC1. The first-order chi connectivity index (χ1) is 8.76. The smallest absolute Gasteiger partial charge is 0.0642 e. The van der Waals surface area contributed by atoms with Crippen LogP contribution in [-0.4, -0.2) is 20.1 Å². The first kappa shape index (κ1) is 13.7. The summed E-state index contributed by atoms with van der Waals surface area (Å²) in [6.45, 7) is 5.45. The van der Waals surface area contributed by atoms with Crippen LogP contribution >= 0.6 is 11.6 Å². The van der Waals surface area contributed by atoms with Crippen LogP contribution < -0.4 is 10.2 Å². The summed E-state index contributed by atoms with van der Waals surface area (Å²) in [5, 5.41) is 4.11. The van der Waals surface area contributed by atoms with E-state index >= 15 is 0 Å². The number of rotatable bonds is 4. The minimum atomic E-state index is 0.879. The molecule has 18 heavy (non-hydrogen) atoms. The van der Waals surface area contributed by atoms with E-state index in [4.69, 9.17) is 11.6 Å². The van der Waals surface area contributed by atoms with E-state index in [1.54, 1.807) is 0 Å². The third kappa shape index (κ3) is 2.99. The molecule has 0 aromatic heterocycles. The van der Waals surface area contributed by atoms with Crippen LogP contribution in [0.1, 0.15) is 31.7 Å².